The summed E-state index contributed by atoms with van der Waals surface area (Å²) in [5.74, 6) is 0. The van der Waals surface area contributed by atoms with E-state index >= 15 is 0 Å². The Hall–Kier alpha value is -0.370. The molecule has 2 fully saturated rings. The molecule has 1 saturated carbocycles. The average Bonchev–Trinajstić information content (AvgIpc) is 2.14. The van der Waals surface area contributed by atoms with Crippen LogP contribution < -0.4 is 0 Å². The smallest absolute Gasteiger partial charge is 0.0276 e. The number of likely N-dealkylation sites (tertiary alicyclic amines) is 1. The minimum Gasteiger partial charge on any atom is -0.300 e. The maximum absolute atomic E-state index is 4.33. The Morgan fingerprint density at radius 2 is 1.79 bits per heavy atom. The van der Waals surface area contributed by atoms with Crippen LogP contribution in [-0.4, -0.2) is 36.8 Å². The summed E-state index contributed by atoms with van der Waals surface area (Å²) in [5, 5.41) is 0. The quantitative estimate of drug-likeness (QED) is 0.625. The van der Waals surface area contributed by atoms with Crippen molar-refractivity contribution in [3.05, 3.63) is 0 Å². The molecule has 2 nitrogen and oxygen atoms in total. The number of aliphatic imine (C=N–C) groups is 1. The molecule has 80 valence electrons. The number of rotatable bonds is 1. The lowest BCUT2D eigenvalue weighted by atomic mass is 9.68. The van der Waals surface area contributed by atoms with Gasteiger partial charge in [0.05, 0.1) is 0 Å². The first-order valence-corrected chi connectivity index (χ1v) is 5.84. The number of hydrogen-bond donors (Lipinski definition) is 0. The molecular weight excluding hydrogens is 172 g/mol. The monoisotopic (exact) mass is 194 g/mol. The van der Waals surface area contributed by atoms with Crippen molar-refractivity contribution in [3.8, 4) is 0 Å². The molecule has 0 radical (unpaired) electrons. The van der Waals surface area contributed by atoms with Crippen LogP contribution in [0.4, 0.5) is 0 Å². The van der Waals surface area contributed by atoms with Crippen LogP contribution >= 0.6 is 0 Å². The first-order valence-electron chi connectivity index (χ1n) is 5.84. The summed E-state index contributed by atoms with van der Waals surface area (Å²) in [5.41, 5.74) is 2.12. The molecule has 0 aromatic heterocycles. The molecule has 2 rings (SSSR count). The minimum absolute atomic E-state index is 0.679. The molecule has 0 aromatic rings. The van der Waals surface area contributed by atoms with Crippen molar-refractivity contribution in [1.82, 2.24) is 4.90 Å². The van der Waals surface area contributed by atoms with Gasteiger partial charge in [-0.15, -0.1) is 0 Å². The number of nitrogens with zero attached hydrogens (tertiary/aromatic N) is 2. The third kappa shape index (κ3) is 1.72. The Kier molecular flexibility index (Phi) is 2.65. The molecule has 0 aromatic carbocycles. The van der Waals surface area contributed by atoms with Gasteiger partial charge in [0, 0.05) is 31.9 Å². The first-order chi connectivity index (χ1) is 6.65. The van der Waals surface area contributed by atoms with Crippen LogP contribution in [0.15, 0.2) is 4.99 Å². The Morgan fingerprint density at radius 3 is 2.21 bits per heavy atom. The fourth-order valence-electron chi connectivity index (χ4n) is 2.79. The average molecular weight is 194 g/mol. The van der Waals surface area contributed by atoms with E-state index in [-0.39, 0.29) is 0 Å². The number of hydrogen-bond acceptors (Lipinski definition) is 2. The Morgan fingerprint density at radius 1 is 1.21 bits per heavy atom. The Labute approximate surface area is 87.4 Å². The molecule has 14 heavy (non-hydrogen) atoms. The van der Waals surface area contributed by atoms with Gasteiger partial charge in [0.15, 0.2) is 0 Å². The Bertz CT molecular complexity index is 225. The van der Waals surface area contributed by atoms with Crippen LogP contribution in [0, 0.1) is 5.41 Å². The van der Waals surface area contributed by atoms with E-state index in [0.29, 0.717) is 5.41 Å². The lowest BCUT2D eigenvalue weighted by Crippen LogP contribution is -2.59. The molecule has 0 N–H and O–H groups in total. The van der Waals surface area contributed by atoms with Crippen LogP contribution in [0.5, 0.6) is 0 Å². The molecule has 0 unspecified atom stereocenters. The van der Waals surface area contributed by atoms with Crippen molar-refractivity contribution in [2.45, 2.75) is 45.6 Å². The highest BCUT2D eigenvalue weighted by Gasteiger charge is 2.44. The highest BCUT2D eigenvalue weighted by molar-refractivity contribution is 5.85. The SMILES string of the molecule is CN=C1CCC2(CC1)CN(C(C)C)C2. The summed E-state index contributed by atoms with van der Waals surface area (Å²) in [6.45, 7) is 7.27. The topological polar surface area (TPSA) is 15.6 Å². The third-order valence-electron chi connectivity index (χ3n) is 4.01. The highest BCUT2D eigenvalue weighted by atomic mass is 15.2. The summed E-state index contributed by atoms with van der Waals surface area (Å²) < 4.78 is 0. The van der Waals surface area contributed by atoms with E-state index < -0.39 is 0 Å². The van der Waals surface area contributed by atoms with Crippen LogP contribution in [0.3, 0.4) is 0 Å². The summed E-state index contributed by atoms with van der Waals surface area (Å²) in [6.07, 6.45) is 5.26. The summed E-state index contributed by atoms with van der Waals surface area (Å²) >= 11 is 0. The predicted molar refractivity (Wildman–Crippen MR) is 61.0 cm³/mol. The van der Waals surface area contributed by atoms with Gasteiger partial charge in [-0.25, -0.2) is 0 Å². The van der Waals surface area contributed by atoms with Crippen molar-refractivity contribution in [2.75, 3.05) is 20.1 Å². The van der Waals surface area contributed by atoms with Gasteiger partial charge < -0.3 is 0 Å². The second kappa shape index (κ2) is 3.65. The Balaban J connectivity index is 1.85. The van der Waals surface area contributed by atoms with Gasteiger partial charge in [-0.1, -0.05) is 0 Å². The first kappa shape index (κ1) is 10.2. The van der Waals surface area contributed by atoms with Crippen molar-refractivity contribution >= 4 is 5.71 Å². The van der Waals surface area contributed by atoms with Gasteiger partial charge in [0.25, 0.3) is 0 Å². The van der Waals surface area contributed by atoms with E-state index in [4.69, 9.17) is 0 Å². The highest BCUT2D eigenvalue weighted by Crippen LogP contribution is 2.43. The predicted octanol–water partition coefficient (Wildman–Crippen LogP) is 2.34. The van der Waals surface area contributed by atoms with Gasteiger partial charge in [-0.2, -0.15) is 0 Å². The molecule has 0 amide bonds. The third-order valence-corrected chi connectivity index (χ3v) is 4.01. The maximum atomic E-state index is 4.33. The second-order valence-electron chi connectivity index (χ2n) is 5.29. The van der Waals surface area contributed by atoms with E-state index in [0.717, 1.165) is 6.04 Å². The van der Waals surface area contributed by atoms with Crippen molar-refractivity contribution < 1.29 is 0 Å². The van der Waals surface area contributed by atoms with Crippen molar-refractivity contribution in [2.24, 2.45) is 10.4 Å². The fourth-order valence-corrected chi connectivity index (χ4v) is 2.79. The van der Waals surface area contributed by atoms with E-state index in [1.807, 2.05) is 7.05 Å². The summed E-state index contributed by atoms with van der Waals surface area (Å²) in [4.78, 5) is 6.92. The molecule has 2 heteroatoms. The van der Waals surface area contributed by atoms with E-state index in [1.54, 1.807) is 0 Å². The molecule has 2 aliphatic rings. The fraction of sp³-hybridized carbons (Fsp3) is 0.917. The standard InChI is InChI=1S/C12H22N2/c1-10(2)14-8-12(9-14)6-4-11(13-3)5-7-12/h10H,4-9H2,1-3H3. The van der Waals surface area contributed by atoms with Crippen LogP contribution in [0.1, 0.15) is 39.5 Å². The molecular formula is C12H22N2. The molecule has 0 atom stereocenters. The van der Waals surface area contributed by atoms with Gasteiger partial charge in [-0.05, 0) is 44.9 Å². The zero-order valence-electron chi connectivity index (χ0n) is 9.71. The van der Waals surface area contributed by atoms with Gasteiger partial charge in [0.1, 0.15) is 0 Å². The zero-order valence-corrected chi connectivity index (χ0v) is 9.71. The van der Waals surface area contributed by atoms with Crippen LogP contribution in [-0.2, 0) is 0 Å². The lowest BCUT2D eigenvalue weighted by Gasteiger charge is -2.54. The van der Waals surface area contributed by atoms with Crippen LogP contribution in [0.2, 0.25) is 0 Å². The second-order valence-corrected chi connectivity index (χ2v) is 5.29. The van der Waals surface area contributed by atoms with Gasteiger partial charge >= 0.3 is 0 Å². The molecule has 1 aliphatic carbocycles. The lowest BCUT2D eigenvalue weighted by molar-refractivity contribution is -0.0353. The normalized spacial score (nSPS) is 26.7. The molecule has 1 heterocycles. The maximum Gasteiger partial charge on any atom is 0.0276 e. The van der Waals surface area contributed by atoms with E-state index in [1.165, 1.54) is 44.5 Å². The zero-order chi connectivity index (χ0) is 10.2. The van der Waals surface area contributed by atoms with Gasteiger partial charge in [0.2, 0.25) is 0 Å². The molecule has 1 spiro atoms. The van der Waals surface area contributed by atoms with Crippen LogP contribution in [0.25, 0.3) is 0 Å². The van der Waals surface area contributed by atoms with E-state index in [9.17, 15) is 0 Å². The minimum atomic E-state index is 0.679. The molecule has 0 bridgehead atoms. The molecule has 1 saturated heterocycles. The van der Waals surface area contributed by atoms with Crippen molar-refractivity contribution in [1.29, 1.82) is 0 Å². The summed E-state index contributed by atoms with van der Waals surface area (Å²) in [6, 6.07) is 0.738. The molecule has 1 aliphatic heterocycles. The van der Waals surface area contributed by atoms with E-state index in [2.05, 4.69) is 23.7 Å². The van der Waals surface area contributed by atoms with Crippen molar-refractivity contribution in [3.63, 3.8) is 0 Å². The van der Waals surface area contributed by atoms with Gasteiger partial charge in [-0.3, -0.25) is 9.89 Å². The largest absolute Gasteiger partial charge is 0.300 e. The summed E-state index contributed by atoms with van der Waals surface area (Å²) in [7, 11) is 1.94.